The molecule has 0 N–H and O–H groups in total. The van der Waals surface area contributed by atoms with E-state index < -0.39 is 0 Å². The van der Waals surface area contributed by atoms with Crippen molar-refractivity contribution in [2.75, 3.05) is 33.5 Å². The van der Waals surface area contributed by atoms with E-state index in [-0.39, 0.29) is 0 Å². The Labute approximate surface area is 118 Å². The van der Waals surface area contributed by atoms with Crippen LogP contribution in [0.3, 0.4) is 0 Å². The maximum atomic E-state index is 5.46. The first-order valence-electron chi connectivity index (χ1n) is 5.24. The molecule has 96 valence electrons. The lowest BCUT2D eigenvalue weighted by Gasteiger charge is -2.07. The monoisotopic (exact) mass is 367 g/mol. The Kier molecular flexibility index (Phi) is 7.75. The third-order valence-electron chi connectivity index (χ3n) is 1.88. The minimum Gasteiger partial charge on any atom is -0.474 e. The van der Waals surface area contributed by atoms with Gasteiger partial charge in [0.25, 0.3) is 0 Å². The Hall–Kier alpha value is -0.170. The van der Waals surface area contributed by atoms with Gasteiger partial charge in [-0.3, -0.25) is 0 Å². The molecule has 0 bridgehead atoms. The van der Waals surface area contributed by atoms with E-state index in [1.807, 2.05) is 6.07 Å². The molecule has 0 aliphatic heterocycles. The molecule has 0 aromatic carbocycles. The molecule has 4 nitrogen and oxygen atoms in total. The van der Waals surface area contributed by atoms with Crippen molar-refractivity contribution in [1.29, 1.82) is 0 Å². The van der Waals surface area contributed by atoms with Gasteiger partial charge in [-0.2, -0.15) is 0 Å². The molecule has 0 atom stereocenters. The zero-order valence-electron chi connectivity index (χ0n) is 9.62. The normalized spacial score (nSPS) is 10.5. The Morgan fingerprint density at radius 1 is 1.18 bits per heavy atom. The molecule has 0 aliphatic carbocycles. The van der Waals surface area contributed by atoms with Gasteiger partial charge in [-0.25, -0.2) is 4.98 Å². The molecular formula is C11H15Br2NO3. The SMILES string of the molecule is COCCCOCCOc1ncc(Br)cc1Br. The molecule has 1 aromatic rings. The highest BCUT2D eigenvalue weighted by atomic mass is 79.9. The third-order valence-corrected chi connectivity index (χ3v) is 2.88. The zero-order chi connectivity index (χ0) is 12.5. The number of pyridine rings is 1. The number of nitrogens with zero attached hydrogens (tertiary/aromatic N) is 1. The fourth-order valence-corrected chi connectivity index (χ4v) is 2.21. The lowest BCUT2D eigenvalue weighted by molar-refractivity contribution is 0.0793. The second-order valence-electron chi connectivity index (χ2n) is 3.25. The average Bonchev–Trinajstić information content (AvgIpc) is 2.30. The van der Waals surface area contributed by atoms with Gasteiger partial charge in [0.15, 0.2) is 0 Å². The maximum absolute atomic E-state index is 5.46. The van der Waals surface area contributed by atoms with E-state index in [1.54, 1.807) is 13.3 Å². The highest BCUT2D eigenvalue weighted by Crippen LogP contribution is 2.25. The summed E-state index contributed by atoms with van der Waals surface area (Å²) in [4.78, 5) is 4.13. The summed E-state index contributed by atoms with van der Waals surface area (Å²) < 4.78 is 17.5. The molecular weight excluding hydrogens is 354 g/mol. The van der Waals surface area contributed by atoms with E-state index in [9.17, 15) is 0 Å². The lowest BCUT2D eigenvalue weighted by Crippen LogP contribution is -2.09. The highest BCUT2D eigenvalue weighted by molar-refractivity contribution is 9.11. The van der Waals surface area contributed by atoms with Crippen molar-refractivity contribution in [1.82, 2.24) is 4.98 Å². The molecule has 0 saturated carbocycles. The average molecular weight is 369 g/mol. The fourth-order valence-electron chi connectivity index (χ4n) is 1.11. The Balaban J connectivity index is 2.14. The number of hydrogen-bond acceptors (Lipinski definition) is 4. The molecule has 0 fully saturated rings. The van der Waals surface area contributed by atoms with Crippen LogP contribution in [0.4, 0.5) is 0 Å². The topological polar surface area (TPSA) is 40.6 Å². The first-order valence-corrected chi connectivity index (χ1v) is 6.83. The number of halogens is 2. The van der Waals surface area contributed by atoms with Crippen molar-refractivity contribution in [2.45, 2.75) is 6.42 Å². The van der Waals surface area contributed by atoms with Crippen molar-refractivity contribution in [3.8, 4) is 5.88 Å². The summed E-state index contributed by atoms with van der Waals surface area (Å²) in [5.74, 6) is 0.577. The van der Waals surface area contributed by atoms with Gasteiger partial charge < -0.3 is 14.2 Å². The predicted molar refractivity (Wildman–Crippen MR) is 72.4 cm³/mol. The first kappa shape index (κ1) is 14.9. The summed E-state index contributed by atoms with van der Waals surface area (Å²) in [6.07, 6.45) is 2.59. The molecule has 0 unspecified atom stereocenters. The Morgan fingerprint density at radius 2 is 2.00 bits per heavy atom. The van der Waals surface area contributed by atoms with Gasteiger partial charge in [0.1, 0.15) is 6.61 Å². The minimum atomic E-state index is 0.486. The summed E-state index contributed by atoms with van der Waals surface area (Å²) in [7, 11) is 1.68. The van der Waals surface area contributed by atoms with E-state index in [1.165, 1.54) is 0 Å². The van der Waals surface area contributed by atoms with Crippen LogP contribution in [-0.2, 0) is 9.47 Å². The molecule has 1 aromatic heterocycles. The van der Waals surface area contributed by atoms with Gasteiger partial charge in [0.2, 0.25) is 5.88 Å². The third kappa shape index (κ3) is 6.35. The quantitative estimate of drug-likeness (QED) is 0.661. The van der Waals surface area contributed by atoms with E-state index in [2.05, 4.69) is 36.8 Å². The van der Waals surface area contributed by atoms with Crippen LogP contribution in [0.2, 0.25) is 0 Å². The predicted octanol–water partition coefficient (Wildman–Crippen LogP) is 3.04. The summed E-state index contributed by atoms with van der Waals surface area (Å²) >= 11 is 6.70. The lowest BCUT2D eigenvalue weighted by atomic mass is 10.5. The molecule has 6 heteroatoms. The summed E-state index contributed by atoms with van der Waals surface area (Å²) in [5.41, 5.74) is 0. The summed E-state index contributed by atoms with van der Waals surface area (Å²) in [6, 6.07) is 1.89. The second kappa shape index (κ2) is 8.85. The van der Waals surface area contributed by atoms with Crippen LogP contribution in [0.15, 0.2) is 21.2 Å². The van der Waals surface area contributed by atoms with E-state index in [0.29, 0.717) is 25.7 Å². The summed E-state index contributed by atoms with van der Waals surface area (Å²) in [5, 5.41) is 0. The number of methoxy groups -OCH3 is 1. The molecule has 0 radical (unpaired) electrons. The Morgan fingerprint density at radius 3 is 2.71 bits per heavy atom. The van der Waals surface area contributed by atoms with Gasteiger partial charge >= 0.3 is 0 Å². The van der Waals surface area contributed by atoms with Crippen LogP contribution >= 0.6 is 31.9 Å². The molecule has 1 heterocycles. The van der Waals surface area contributed by atoms with Crippen molar-refractivity contribution in [2.24, 2.45) is 0 Å². The number of aromatic nitrogens is 1. The van der Waals surface area contributed by atoms with E-state index in [0.717, 1.165) is 22.0 Å². The van der Waals surface area contributed by atoms with Crippen LogP contribution in [0.25, 0.3) is 0 Å². The van der Waals surface area contributed by atoms with E-state index in [4.69, 9.17) is 14.2 Å². The smallest absolute Gasteiger partial charge is 0.228 e. The van der Waals surface area contributed by atoms with Crippen molar-refractivity contribution in [3.05, 3.63) is 21.2 Å². The van der Waals surface area contributed by atoms with Gasteiger partial charge in [-0.1, -0.05) is 0 Å². The second-order valence-corrected chi connectivity index (χ2v) is 5.02. The van der Waals surface area contributed by atoms with Gasteiger partial charge in [-0.15, -0.1) is 0 Å². The molecule has 0 aliphatic rings. The number of rotatable bonds is 8. The number of ether oxygens (including phenoxy) is 3. The minimum absolute atomic E-state index is 0.486. The van der Waals surface area contributed by atoms with Crippen LogP contribution in [0, 0.1) is 0 Å². The molecule has 17 heavy (non-hydrogen) atoms. The molecule has 0 amide bonds. The standard InChI is InChI=1S/C11H15Br2NO3/c1-15-3-2-4-16-5-6-17-11-10(13)7-9(12)8-14-11/h7-8H,2-6H2,1H3. The van der Waals surface area contributed by atoms with Crippen molar-refractivity contribution < 1.29 is 14.2 Å². The zero-order valence-corrected chi connectivity index (χ0v) is 12.8. The first-order chi connectivity index (χ1) is 8.24. The maximum Gasteiger partial charge on any atom is 0.228 e. The Bertz CT molecular complexity index is 336. The van der Waals surface area contributed by atoms with Gasteiger partial charge in [-0.05, 0) is 44.3 Å². The van der Waals surface area contributed by atoms with E-state index >= 15 is 0 Å². The molecule has 0 spiro atoms. The number of hydrogen-bond donors (Lipinski definition) is 0. The van der Waals surface area contributed by atoms with Crippen LogP contribution in [0.1, 0.15) is 6.42 Å². The van der Waals surface area contributed by atoms with Gasteiger partial charge in [0, 0.05) is 31.0 Å². The largest absolute Gasteiger partial charge is 0.474 e. The molecule has 0 saturated heterocycles. The van der Waals surface area contributed by atoms with Gasteiger partial charge in [0.05, 0.1) is 11.1 Å². The molecule has 1 rings (SSSR count). The fraction of sp³-hybridized carbons (Fsp3) is 0.545. The summed E-state index contributed by atoms with van der Waals surface area (Å²) in [6.45, 7) is 2.45. The van der Waals surface area contributed by atoms with Crippen LogP contribution in [-0.4, -0.2) is 38.5 Å². The van der Waals surface area contributed by atoms with Crippen molar-refractivity contribution >= 4 is 31.9 Å². The highest BCUT2D eigenvalue weighted by Gasteiger charge is 2.02. The van der Waals surface area contributed by atoms with Crippen molar-refractivity contribution in [3.63, 3.8) is 0 Å². The van der Waals surface area contributed by atoms with Crippen LogP contribution < -0.4 is 4.74 Å². The van der Waals surface area contributed by atoms with Crippen LogP contribution in [0.5, 0.6) is 5.88 Å².